The summed E-state index contributed by atoms with van der Waals surface area (Å²) in [5, 5.41) is 6.35. The predicted molar refractivity (Wildman–Crippen MR) is 102 cm³/mol. The van der Waals surface area contributed by atoms with E-state index in [1.807, 2.05) is 0 Å². The molecule has 4 rings (SSSR count). The SMILES string of the molecule is C[C@H](NC(=O)CCC(=O)N[C@H](C)[C@H]1C[C@H]2CC[C@H]1C2)[C@H]1C[C@H]2CC[C@H]1C2. The van der Waals surface area contributed by atoms with Crippen LogP contribution in [0, 0.1) is 35.5 Å². The fourth-order valence-corrected chi connectivity index (χ4v) is 6.91. The quantitative estimate of drug-likeness (QED) is 0.728. The van der Waals surface area contributed by atoms with Crippen molar-refractivity contribution >= 4 is 11.8 Å². The van der Waals surface area contributed by atoms with Gasteiger partial charge in [0, 0.05) is 24.9 Å². The fourth-order valence-electron chi connectivity index (χ4n) is 6.91. The molecule has 0 heterocycles. The molecule has 0 aromatic rings. The molecule has 4 saturated carbocycles. The van der Waals surface area contributed by atoms with Crippen LogP contribution in [-0.4, -0.2) is 23.9 Å². The van der Waals surface area contributed by atoms with Gasteiger partial charge in [-0.3, -0.25) is 9.59 Å². The van der Waals surface area contributed by atoms with Crippen molar-refractivity contribution < 1.29 is 9.59 Å². The third-order valence-electron chi connectivity index (χ3n) is 8.23. The molecular formula is C22H36N2O2. The Hall–Kier alpha value is -1.06. The van der Waals surface area contributed by atoms with Crippen LogP contribution in [0.3, 0.4) is 0 Å². The summed E-state index contributed by atoms with van der Waals surface area (Å²) in [6.45, 7) is 4.31. The number of rotatable bonds is 7. The summed E-state index contributed by atoms with van der Waals surface area (Å²) >= 11 is 0. The highest BCUT2D eigenvalue weighted by molar-refractivity contribution is 5.84. The van der Waals surface area contributed by atoms with Crippen LogP contribution in [0.1, 0.15) is 78.1 Å². The second kappa shape index (κ2) is 7.52. The Morgan fingerprint density at radius 2 is 1.15 bits per heavy atom. The molecule has 4 nitrogen and oxygen atoms in total. The molecule has 2 amide bonds. The first kappa shape index (κ1) is 18.3. The van der Waals surface area contributed by atoms with E-state index in [0.29, 0.717) is 24.7 Å². The molecule has 4 aliphatic rings. The van der Waals surface area contributed by atoms with E-state index in [0.717, 1.165) is 23.7 Å². The number of hydrogen-bond donors (Lipinski definition) is 2. The van der Waals surface area contributed by atoms with Crippen molar-refractivity contribution in [2.24, 2.45) is 35.5 Å². The fraction of sp³-hybridized carbons (Fsp3) is 0.909. The summed E-state index contributed by atoms with van der Waals surface area (Å²) in [7, 11) is 0. The van der Waals surface area contributed by atoms with Crippen molar-refractivity contribution in [3.63, 3.8) is 0 Å². The number of nitrogens with one attached hydrogen (secondary N) is 2. The molecule has 0 spiro atoms. The third kappa shape index (κ3) is 3.80. The Morgan fingerprint density at radius 1 is 0.731 bits per heavy atom. The van der Waals surface area contributed by atoms with E-state index in [9.17, 15) is 9.59 Å². The summed E-state index contributed by atoms with van der Waals surface area (Å²) in [6.07, 6.45) is 11.4. The van der Waals surface area contributed by atoms with Gasteiger partial charge in [0.05, 0.1) is 0 Å². The van der Waals surface area contributed by atoms with Crippen LogP contribution in [0.5, 0.6) is 0 Å². The van der Waals surface area contributed by atoms with E-state index < -0.39 is 0 Å². The summed E-state index contributed by atoms with van der Waals surface area (Å²) in [6, 6.07) is 0.516. The van der Waals surface area contributed by atoms with Crippen molar-refractivity contribution in [3.05, 3.63) is 0 Å². The molecule has 4 bridgehead atoms. The molecule has 0 radical (unpaired) electrons. The topological polar surface area (TPSA) is 58.2 Å². The van der Waals surface area contributed by atoms with Gasteiger partial charge in [-0.05, 0) is 87.9 Å². The van der Waals surface area contributed by atoms with Gasteiger partial charge in [0.25, 0.3) is 0 Å². The largest absolute Gasteiger partial charge is 0.353 e. The second-order valence-electron chi connectivity index (χ2n) is 9.89. The maximum Gasteiger partial charge on any atom is 0.220 e. The molecule has 4 heteroatoms. The molecule has 0 unspecified atom stereocenters. The van der Waals surface area contributed by atoms with Gasteiger partial charge in [0.15, 0.2) is 0 Å². The smallest absolute Gasteiger partial charge is 0.220 e. The van der Waals surface area contributed by atoms with E-state index in [4.69, 9.17) is 0 Å². The molecule has 146 valence electrons. The van der Waals surface area contributed by atoms with Crippen LogP contribution in [0.25, 0.3) is 0 Å². The molecular weight excluding hydrogens is 324 g/mol. The number of hydrogen-bond acceptors (Lipinski definition) is 2. The maximum absolute atomic E-state index is 12.3. The lowest BCUT2D eigenvalue weighted by atomic mass is 9.84. The van der Waals surface area contributed by atoms with Crippen LogP contribution in [0.2, 0.25) is 0 Å². The average Bonchev–Trinajstić information content (AvgIpc) is 3.39. The minimum atomic E-state index is 0.0444. The van der Waals surface area contributed by atoms with Crippen LogP contribution in [-0.2, 0) is 9.59 Å². The Kier molecular flexibility index (Phi) is 5.29. The maximum atomic E-state index is 12.3. The molecule has 26 heavy (non-hydrogen) atoms. The summed E-state index contributed by atoms with van der Waals surface area (Å²) in [5.41, 5.74) is 0. The van der Waals surface area contributed by atoms with Gasteiger partial charge in [0.1, 0.15) is 0 Å². The van der Waals surface area contributed by atoms with E-state index >= 15 is 0 Å². The Morgan fingerprint density at radius 3 is 1.46 bits per heavy atom. The Bertz CT molecular complexity index is 500. The van der Waals surface area contributed by atoms with Crippen molar-refractivity contribution in [1.29, 1.82) is 0 Å². The molecule has 0 saturated heterocycles. The molecule has 8 atom stereocenters. The molecule has 4 aliphatic carbocycles. The van der Waals surface area contributed by atoms with Gasteiger partial charge in [0.2, 0.25) is 11.8 Å². The minimum absolute atomic E-state index is 0.0444. The summed E-state index contributed by atoms with van der Waals surface area (Å²) in [4.78, 5) is 24.6. The Balaban J connectivity index is 1.15. The van der Waals surface area contributed by atoms with Gasteiger partial charge in [-0.1, -0.05) is 12.8 Å². The van der Waals surface area contributed by atoms with E-state index in [1.165, 1.54) is 51.4 Å². The lowest BCUT2D eigenvalue weighted by molar-refractivity contribution is -0.127. The first-order chi connectivity index (χ1) is 12.5. The lowest BCUT2D eigenvalue weighted by Crippen LogP contribution is -2.42. The second-order valence-corrected chi connectivity index (χ2v) is 9.89. The highest BCUT2D eigenvalue weighted by Gasteiger charge is 2.43. The van der Waals surface area contributed by atoms with Crippen LogP contribution in [0.15, 0.2) is 0 Å². The third-order valence-corrected chi connectivity index (χ3v) is 8.23. The van der Waals surface area contributed by atoms with Gasteiger partial charge in [-0.15, -0.1) is 0 Å². The van der Waals surface area contributed by atoms with Crippen molar-refractivity contribution in [1.82, 2.24) is 10.6 Å². The number of amides is 2. The van der Waals surface area contributed by atoms with Crippen molar-refractivity contribution in [3.8, 4) is 0 Å². The monoisotopic (exact) mass is 360 g/mol. The number of fused-ring (bicyclic) bond motifs is 4. The first-order valence-corrected chi connectivity index (χ1v) is 11.1. The van der Waals surface area contributed by atoms with Crippen LogP contribution < -0.4 is 10.6 Å². The number of carbonyl (C=O) groups is 2. The van der Waals surface area contributed by atoms with E-state index in [2.05, 4.69) is 24.5 Å². The summed E-state index contributed by atoms with van der Waals surface area (Å²) < 4.78 is 0. The highest BCUT2D eigenvalue weighted by atomic mass is 16.2. The van der Waals surface area contributed by atoms with Gasteiger partial charge in [-0.25, -0.2) is 0 Å². The molecule has 0 aromatic carbocycles. The molecule has 0 aliphatic heterocycles. The zero-order valence-corrected chi connectivity index (χ0v) is 16.5. The van der Waals surface area contributed by atoms with Gasteiger partial charge in [-0.2, -0.15) is 0 Å². The molecule has 4 fully saturated rings. The number of carbonyl (C=O) groups excluding carboxylic acids is 2. The Labute approximate surface area is 158 Å². The molecule has 2 N–H and O–H groups in total. The van der Waals surface area contributed by atoms with Gasteiger partial charge >= 0.3 is 0 Å². The normalized spacial score (nSPS) is 39.8. The van der Waals surface area contributed by atoms with E-state index in [1.54, 1.807) is 0 Å². The van der Waals surface area contributed by atoms with Crippen molar-refractivity contribution in [2.75, 3.05) is 0 Å². The van der Waals surface area contributed by atoms with Crippen LogP contribution >= 0.6 is 0 Å². The summed E-state index contributed by atoms with van der Waals surface area (Å²) in [5.74, 6) is 4.85. The van der Waals surface area contributed by atoms with Crippen LogP contribution in [0.4, 0.5) is 0 Å². The lowest BCUT2D eigenvalue weighted by Gasteiger charge is -2.29. The standard InChI is InChI=1S/C22H36N2O2/c1-13(19-11-15-3-5-17(19)9-15)23-21(25)7-8-22(26)24-14(2)20-12-16-4-6-18(20)10-16/h13-20H,3-12H2,1-2H3,(H,23,25)(H,24,26)/t13-,14+,15-,16-,17-,18-,19+,20+/m0/s1. The zero-order valence-electron chi connectivity index (χ0n) is 16.5. The van der Waals surface area contributed by atoms with E-state index in [-0.39, 0.29) is 23.9 Å². The van der Waals surface area contributed by atoms with Gasteiger partial charge < -0.3 is 10.6 Å². The van der Waals surface area contributed by atoms with Crippen molar-refractivity contribution in [2.45, 2.75) is 90.1 Å². The zero-order chi connectivity index (χ0) is 18.3. The molecule has 0 aromatic heterocycles. The first-order valence-electron chi connectivity index (χ1n) is 11.1. The highest BCUT2D eigenvalue weighted by Crippen LogP contribution is 2.50. The average molecular weight is 361 g/mol. The minimum Gasteiger partial charge on any atom is -0.353 e. The predicted octanol–water partition coefficient (Wildman–Crippen LogP) is 3.65.